The molecule has 6 nitrogen and oxygen atoms in total. The van der Waals surface area contributed by atoms with Crippen LogP contribution in [0.15, 0.2) is 18.2 Å². The number of hydrogen-bond acceptors (Lipinski definition) is 5. The number of carboxylic acids is 1. The van der Waals surface area contributed by atoms with Gasteiger partial charge >= 0.3 is 11.9 Å². The molecule has 0 bridgehead atoms. The van der Waals surface area contributed by atoms with Crippen LogP contribution in [0, 0.1) is 0 Å². The van der Waals surface area contributed by atoms with Crippen molar-refractivity contribution in [2.75, 3.05) is 20.8 Å². The van der Waals surface area contributed by atoms with E-state index >= 15 is 0 Å². The zero-order chi connectivity index (χ0) is 12.8. The van der Waals surface area contributed by atoms with Gasteiger partial charge in [0, 0.05) is 6.07 Å². The number of methoxy groups -OCH3 is 2. The molecule has 1 N–H and O–H groups in total. The molecule has 0 saturated carbocycles. The SMILES string of the molecule is COC(=O)c1cc(OC)cc(OCC(=O)O)c1. The van der Waals surface area contributed by atoms with Crippen molar-refractivity contribution in [1.82, 2.24) is 0 Å². The second-order valence-corrected chi connectivity index (χ2v) is 3.07. The normalized spacial score (nSPS) is 9.53. The summed E-state index contributed by atoms with van der Waals surface area (Å²) in [6.45, 7) is -0.492. The largest absolute Gasteiger partial charge is 0.497 e. The van der Waals surface area contributed by atoms with Crippen molar-refractivity contribution in [2.45, 2.75) is 0 Å². The molecule has 0 fully saturated rings. The monoisotopic (exact) mass is 240 g/mol. The highest BCUT2D eigenvalue weighted by atomic mass is 16.5. The fraction of sp³-hybridized carbons (Fsp3) is 0.273. The van der Waals surface area contributed by atoms with Crippen molar-refractivity contribution in [1.29, 1.82) is 0 Å². The predicted molar refractivity (Wildman–Crippen MR) is 57.5 cm³/mol. The van der Waals surface area contributed by atoms with Gasteiger partial charge in [-0.05, 0) is 12.1 Å². The van der Waals surface area contributed by atoms with E-state index < -0.39 is 18.5 Å². The summed E-state index contributed by atoms with van der Waals surface area (Å²) >= 11 is 0. The van der Waals surface area contributed by atoms with Crippen molar-refractivity contribution in [3.8, 4) is 11.5 Å². The minimum atomic E-state index is -1.10. The highest BCUT2D eigenvalue weighted by Crippen LogP contribution is 2.23. The van der Waals surface area contributed by atoms with Gasteiger partial charge in [0.2, 0.25) is 0 Å². The van der Waals surface area contributed by atoms with Crippen molar-refractivity contribution in [3.05, 3.63) is 23.8 Å². The van der Waals surface area contributed by atoms with Gasteiger partial charge in [0.1, 0.15) is 11.5 Å². The number of esters is 1. The van der Waals surface area contributed by atoms with Gasteiger partial charge in [0.25, 0.3) is 0 Å². The maximum Gasteiger partial charge on any atom is 0.341 e. The van der Waals surface area contributed by atoms with Gasteiger partial charge in [-0.15, -0.1) is 0 Å². The Balaban J connectivity index is 2.96. The van der Waals surface area contributed by atoms with E-state index in [4.69, 9.17) is 14.6 Å². The summed E-state index contributed by atoms with van der Waals surface area (Å²) in [5.74, 6) is -1.04. The number of hydrogen-bond donors (Lipinski definition) is 1. The van der Waals surface area contributed by atoms with Crippen LogP contribution in [-0.4, -0.2) is 37.9 Å². The van der Waals surface area contributed by atoms with Crippen LogP contribution in [0.3, 0.4) is 0 Å². The summed E-state index contributed by atoms with van der Waals surface area (Å²) in [6.07, 6.45) is 0. The van der Waals surface area contributed by atoms with Crippen molar-refractivity contribution < 1.29 is 28.9 Å². The molecule has 0 atom stereocenters. The molecule has 0 saturated heterocycles. The van der Waals surface area contributed by atoms with Gasteiger partial charge < -0.3 is 19.3 Å². The molecule has 1 aromatic rings. The van der Waals surface area contributed by atoms with Gasteiger partial charge in [-0.3, -0.25) is 0 Å². The molecular weight excluding hydrogens is 228 g/mol. The smallest absolute Gasteiger partial charge is 0.341 e. The average Bonchev–Trinajstić information content (AvgIpc) is 2.34. The first-order valence-corrected chi connectivity index (χ1v) is 4.69. The molecule has 0 unspecified atom stereocenters. The molecule has 92 valence electrons. The van der Waals surface area contributed by atoms with Crippen molar-refractivity contribution in [2.24, 2.45) is 0 Å². The Morgan fingerprint density at radius 1 is 1.18 bits per heavy atom. The third-order valence-corrected chi connectivity index (χ3v) is 1.90. The summed E-state index contributed by atoms with van der Waals surface area (Å²) < 4.78 is 14.5. The molecule has 0 amide bonds. The van der Waals surface area contributed by atoms with E-state index in [0.29, 0.717) is 5.75 Å². The first-order chi connectivity index (χ1) is 8.06. The van der Waals surface area contributed by atoms with E-state index in [1.165, 1.54) is 32.4 Å². The Labute approximate surface area is 97.7 Å². The van der Waals surface area contributed by atoms with E-state index in [2.05, 4.69) is 4.74 Å². The Hall–Kier alpha value is -2.24. The van der Waals surface area contributed by atoms with Crippen LogP contribution < -0.4 is 9.47 Å². The topological polar surface area (TPSA) is 82.1 Å². The maximum absolute atomic E-state index is 11.3. The van der Waals surface area contributed by atoms with Gasteiger partial charge in [-0.25, -0.2) is 9.59 Å². The van der Waals surface area contributed by atoms with E-state index in [1.54, 1.807) is 0 Å². The highest BCUT2D eigenvalue weighted by Gasteiger charge is 2.10. The van der Waals surface area contributed by atoms with Crippen LogP contribution >= 0.6 is 0 Å². The molecular formula is C11H12O6. The van der Waals surface area contributed by atoms with Gasteiger partial charge in [0.15, 0.2) is 6.61 Å². The van der Waals surface area contributed by atoms with E-state index in [0.717, 1.165) is 0 Å². The number of carboxylic acid groups (broad SMARTS) is 1. The number of carbonyl (C=O) groups is 2. The van der Waals surface area contributed by atoms with Crippen LogP contribution in [0.1, 0.15) is 10.4 Å². The second kappa shape index (κ2) is 5.74. The summed E-state index contributed by atoms with van der Waals surface area (Å²) in [5.41, 5.74) is 0.229. The van der Waals surface area contributed by atoms with Crippen molar-refractivity contribution >= 4 is 11.9 Å². The number of benzene rings is 1. The fourth-order valence-corrected chi connectivity index (χ4v) is 1.15. The second-order valence-electron chi connectivity index (χ2n) is 3.07. The molecule has 6 heteroatoms. The predicted octanol–water partition coefficient (Wildman–Crippen LogP) is 0.945. The Morgan fingerprint density at radius 2 is 1.82 bits per heavy atom. The average molecular weight is 240 g/mol. The fourth-order valence-electron chi connectivity index (χ4n) is 1.15. The van der Waals surface area contributed by atoms with Gasteiger partial charge in [0.05, 0.1) is 19.8 Å². The van der Waals surface area contributed by atoms with Crippen LogP contribution in [-0.2, 0) is 9.53 Å². The van der Waals surface area contributed by atoms with E-state index in [9.17, 15) is 9.59 Å². The lowest BCUT2D eigenvalue weighted by Crippen LogP contribution is -2.10. The number of ether oxygens (including phenoxy) is 3. The lowest BCUT2D eigenvalue weighted by Gasteiger charge is -2.08. The van der Waals surface area contributed by atoms with Crippen LogP contribution in [0.5, 0.6) is 11.5 Å². The number of carbonyl (C=O) groups excluding carboxylic acids is 1. The molecule has 0 radical (unpaired) electrons. The summed E-state index contributed by atoms with van der Waals surface area (Å²) in [5, 5.41) is 8.48. The third kappa shape index (κ3) is 3.67. The van der Waals surface area contributed by atoms with Crippen LogP contribution in [0.4, 0.5) is 0 Å². The number of rotatable bonds is 5. The molecule has 1 rings (SSSR count). The Bertz CT molecular complexity index is 426. The zero-order valence-corrected chi connectivity index (χ0v) is 9.43. The van der Waals surface area contributed by atoms with Gasteiger partial charge in [-0.2, -0.15) is 0 Å². The van der Waals surface area contributed by atoms with E-state index in [1.807, 2.05) is 0 Å². The van der Waals surface area contributed by atoms with E-state index in [-0.39, 0.29) is 11.3 Å². The lowest BCUT2D eigenvalue weighted by molar-refractivity contribution is -0.139. The first-order valence-electron chi connectivity index (χ1n) is 4.69. The third-order valence-electron chi connectivity index (χ3n) is 1.90. The molecule has 0 aliphatic rings. The Kier molecular flexibility index (Phi) is 4.33. The van der Waals surface area contributed by atoms with Gasteiger partial charge in [-0.1, -0.05) is 0 Å². The standard InChI is InChI=1S/C11H12O6/c1-15-8-3-7(11(14)16-2)4-9(5-8)17-6-10(12)13/h3-5H,6H2,1-2H3,(H,12,13). The molecule has 17 heavy (non-hydrogen) atoms. The molecule has 1 aromatic carbocycles. The van der Waals surface area contributed by atoms with Crippen LogP contribution in [0.25, 0.3) is 0 Å². The highest BCUT2D eigenvalue weighted by molar-refractivity contribution is 5.90. The summed E-state index contributed by atoms with van der Waals surface area (Å²) in [4.78, 5) is 21.7. The van der Waals surface area contributed by atoms with Crippen LogP contribution in [0.2, 0.25) is 0 Å². The minimum absolute atomic E-state index is 0.229. The quantitative estimate of drug-likeness (QED) is 0.771. The minimum Gasteiger partial charge on any atom is -0.497 e. The lowest BCUT2D eigenvalue weighted by atomic mass is 10.2. The first kappa shape index (κ1) is 12.8. The number of aliphatic carboxylic acids is 1. The Morgan fingerprint density at radius 3 is 2.35 bits per heavy atom. The molecule has 0 aromatic heterocycles. The summed E-state index contributed by atoms with van der Waals surface area (Å²) in [6, 6.07) is 4.34. The molecule has 0 aliphatic heterocycles. The summed E-state index contributed by atoms with van der Waals surface area (Å²) in [7, 11) is 2.68. The zero-order valence-electron chi connectivity index (χ0n) is 9.43. The maximum atomic E-state index is 11.3. The molecule has 0 heterocycles. The van der Waals surface area contributed by atoms with Crippen molar-refractivity contribution in [3.63, 3.8) is 0 Å². The molecule has 0 spiro atoms. The molecule has 0 aliphatic carbocycles.